The Bertz CT molecular complexity index is 1050. The van der Waals surface area contributed by atoms with Gasteiger partial charge in [0.1, 0.15) is 5.82 Å². The fraction of sp³-hybridized carbons (Fsp3) is 0.143. The Morgan fingerprint density at radius 1 is 1.00 bits per heavy atom. The van der Waals surface area contributed by atoms with E-state index >= 15 is 0 Å². The molecule has 0 aliphatic rings. The Morgan fingerprint density at radius 3 is 2.30 bits per heavy atom. The van der Waals surface area contributed by atoms with Gasteiger partial charge in [-0.2, -0.15) is 13.2 Å². The quantitative estimate of drug-likeness (QED) is 0.570. The van der Waals surface area contributed by atoms with E-state index < -0.39 is 29.8 Å². The van der Waals surface area contributed by atoms with Gasteiger partial charge >= 0.3 is 6.18 Å². The van der Waals surface area contributed by atoms with Gasteiger partial charge in [0.2, 0.25) is 0 Å². The zero-order chi connectivity index (χ0) is 21.9. The van der Waals surface area contributed by atoms with Gasteiger partial charge in [-0.25, -0.2) is 4.39 Å². The van der Waals surface area contributed by atoms with Gasteiger partial charge in [-0.3, -0.25) is 9.59 Å². The van der Waals surface area contributed by atoms with Crippen molar-refractivity contribution < 1.29 is 31.6 Å². The molecule has 5 nitrogen and oxygen atoms in total. The maximum Gasteiger partial charge on any atom is 0.412 e. The normalized spacial score (nSPS) is 12.3. The Hall–Kier alpha value is -3.62. The molecule has 0 aliphatic heterocycles. The number of halogens is 4. The van der Waals surface area contributed by atoms with Crippen molar-refractivity contribution in [2.45, 2.75) is 19.1 Å². The monoisotopic (exact) mass is 420 g/mol. The molecule has 2 amide bonds. The summed E-state index contributed by atoms with van der Waals surface area (Å²) in [5, 5.41) is 4.47. The molecule has 3 rings (SSSR count). The van der Waals surface area contributed by atoms with Crippen molar-refractivity contribution in [1.82, 2.24) is 5.32 Å². The highest BCUT2D eigenvalue weighted by molar-refractivity contribution is 6.04. The zero-order valence-electron chi connectivity index (χ0n) is 15.6. The predicted octanol–water partition coefficient (Wildman–Crippen LogP) is 5.01. The van der Waals surface area contributed by atoms with E-state index in [9.17, 15) is 27.2 Å². The minimum absolute atomic E-state index is 0.0395. The van der Waals surface area contributed by atoms with Crippen LogP contribution in [-0.4, -0.2) is 18.0 Å². The van der Waals surface area contributed by atoms with Crippen LogP contribution in [0.15, 0.2) is 65.3 Å². The summed E-state index contributed by atoms with van der Waals surface area (Å²) < 4.78 is 58.5. The van der Waals surface area contributed by atoms with Crippen molar-refractivity contribution >= 4 is 17.5 Å². The summed E-state index contributed by atoms with van der Waals surface area (Å²) in [5.74, 6) is -2.23. The summed E-state index contributed by atoms with van der Waals surface area (Å²) in [6.07, 6.45) is -3.48. The van der Waals surface area contributed by atoms with Crippen molar-refractivity contribution in [1.29, 1.82) is 0 Å². The van der Waals surface area contributed by atoms with Gasteiger partial charge in [0.15, 0.2) is 11.8 Å². The summed E-state index contributed by atoms with van der Waals surface area (Å²) in [7, 11) is 0. The molecule has 9 heteroatoms. The Morgan fingerprint density at radius 2 is 1.70 bits per heavy atom. The zero-order valence-corrected chi connectivity index (χ0v) is 15.6. The molecule has 0 saturated heterocycles. The minimum Gasteiger partial charge on any atom is -0.459 e. The van der Waals surface area contributed by atoms with E-state index in [0.717, 1.165) is 24.3 Å². The van der Waals surface area contributed by atoms with Crippen molar-refractivity contribution in [3.05, 3.63) is 89.1 Å². The van der Waals surface area contributed by atoms with Gasteiger partial charge in [0.05, 0.1) is 6.26 Å². The largest absolute Gasteiger partial charge is 0.459 e. The van der Waals surface area contributed by atoms with Crippen LogP contribution in [0.2, 0.25) is 0 Å². The van der Waals surface area contributed by atoms with Crippen LogP contribution in [-0.2, 0) is 0 Å². The van der Waals surface area contributed by atoms with E-state index in [4.69, 9.17) is 4.42 Å². The fourth-order valence-corrected chi connectivity index (χ4v) is 2.71. The molecule has 0 aliphatic carbocycles. The maximum absolute atomic E-state index is 13.5. The molecule has 3 aromatic rings. The SMILES string of the molecule is Cc1ccc(C(=O)NC(c2ccc(F)cc2)C(F)(F)F)cc1NC(=O)c1ccco1. The molecule has 0 saturated carbocycles. The molecule has 1 aromatic heterocycles. The number of rotatable bonds is 5. The lowest BCUT2D eigenvalue weighted by Crippen LogP contribution is -2.38. The number of carbonyl (C=O) groups excluding carboxylic acids is 2. The molecule has 0 spiro atoms. The van der Waals surface area contributed by atoms with Gasteiger partial charge in [-0.15, -0.1) is 0 Å². The number of nitrogens with one attached hydrogen (secondary N) is 2. The van der Waals surface area contributed by atoms with Crippen LogP contribution in [0.5, 0.6) is 0 Å². The van der Waals surface area contributed by atoms with Gasteiger partial charge in [-0.1, -0.05) is 18.2 Å². The lowest BCUT2D eigenvalue weighted by atomic mass is 10.0. The number of aryl methyl sites for hydroxylation is 1. The lowest BCUT2D eigenvalue weighted by Gasteiger charge is -2.22. The van der Waals surface area contributed by atoms with Crippen LogP contribution in [0.1, 0.15) is 38.1 Å². The summed E-state index contributed by atoms with van der Waals surface area (Å²) in [4.78, 5) is 24.6. The van der Waals surface area contributed by atoms with Gasteiger partial charge in [0, 0.05) is 11.3 Å². The highest BCUT2D eigenvalue weighted by atomic mass is 19.4. The topological polar surface area (TPSA) is 71.3 Å². The van der Waals surface area contributed by atoms with E-state index in [0.29, 0.717) is 5.56 Å². The molecular weight excluding hydrogens is 404 g/mol. The molecule has 1 atom stereocenters. The molecule has 2 N–H and O–H groups in total. The minimum atomic E-state index is -4.80. The molecule has 0 bridgehead atoms. The summed E-state index contributed by atoms with van der Waals surface area (Å²) in [5.41, 5.74) is 0.439. The second kappa shape index (κ2) is 8.40. The van der Waals surface area contributed by atoms with E-state index in [1.807, 2.05) is 5.32 Å². The number of benzene rings is 2. The number of furan rings is 1. The van der Waals surface area contributed by atoms with E-state index in [1.165, 1.54) is 36.6 Å². The first-order valence-electron chi connectivity index (χ1n) is 8.73. The number of hydrogen-bond donors (Lipinski definition) is 2. The van der Waals surface area contributed by atoms with E-state index in [-0.39, 0.29) is 22.6 Å². The van der Waals surface area contributed by atoms with E-state index in [2.05, 4.69) is 5.32 Å². The Labute approximate surface area is 168 Å². The van der Waals surface area contributed by atoms with E-state index in [1.54, 1.807) is 6.92 Å². The van der Waals surface area contributed by atoms with Gasteiger partial charge in [0.25, 0.3) is 11.8 Å². The number of hydrogen-bond acceptors (Lipinski definition) is 3. The van der Waals surface area contributed by atoms with Gasteiger partial charge < -0.3 is 15.1 Å². The average Bonchev–Trinajstić information content (AvgIpc) is 3.22. The van der Waals surface area contributed by atoms with Crippen LogP contribution in [0.3, 0.4) is 0 Å². The second-order valence-electron chi connectivity index (χ2n) is 6.46. The molecule has 1 unspecified atom stereocenters. The highest BCUT2D eigenvalue weighted by Crippen LogP contribution is 2.33. The van der Waals surface area contributed by atoms with Crippen LogP contribution in [0.25, 0.3) is 0 Å². The molecule has 156 valence electrons. The van der Waals surface area contributed by atoms with Crippen LogP contribution in [0, 0.1) is 12.7 Å². The number of amides is 2. The third kappa shape index (κ3) is 4.86. The summed E-state index contributed by atoms with van der Waals surface area (Å²) in [6.45, 7) is 1.66. The predicted molar refractivity (Wildman–Crippen MR) is 101 cm³/mol. The van der Waals surface area contributed by atoms with Crippen molar-refractivity contribution in [2.24, 2.45) is 0 Å². The molecule has 1 heterocycles. The molecule has 2 aromatic carbocycles. The first-order valence-corrected chi connectivity index (χ1v) is 8.73. The van der Waals surface area contributed by atoms with Crippen LogP contribution < -0.4 is 10.6 Å². The number of carbonyl (C=O) groups is 2. The standard InChI is InChI=1S/C21H16F4N2O3/c1-12-4-5-14(11-16(12)26-20(29)17-3-2-10-30-17)19(28)27-18(21(23,24)25)13-6-8-15(22)9-7-13/h2-11,18H,1H3,(H,26,29)(H,27,28). The summed E-state index contributed by atoms with van der Waals surface area (Å²) in [6, 6.07) is 8.42. The van der Waals surface area contributed by atoms with Gasteiger partial charge in [-0.05, 0) is 54.4 Å². The Kier molecular flexibility index (Phi) is 5.91. The summed E-state index contributed by atoms with van der Waals surface area (Å²) >= 11 is 0. The molecular formula is C21H16F4N2O3. The van der Waals surface area contributed by atoms with Crippen molar-refractivity contribution in [2.75, 3.05) is 5.32 Å². The number of alkyl halides is 3. The fourth-order valence-electron chi connectivity index (χ4n) is 2.71. The molecule has 0 radical (unpaired) electrons. The Balaban J connectivity index is 1.83. The molecule has 30 heavy (non-hydrogen) atoms. The van der Waals surface area contributed by atoms with Crippen LogP contribution in [0.4, 0.5) is 23.2 Å². The number of anilines is 1. The maximum atomic E-state index is 13.5. The molecule has 0 fully saturated rings. The third-order valence-electron chi connectivity index (χ3n) is 4.30. The highest BCUT2D eigenvalue weighted by Gasteiger charge is 2.42. The van der Waals surface area contributed by atoms with Crippen LogP contribution >= 0.6 is 0 Å². The van der Waals surface area contributed by atoms with Crippen molar-refractivity contribution in [3.8, 4) is 0 Å². The average molecular weight is 420 g/mol. The smallest absolute Gasteiger partial charge is 0.412 e. The second-order valence-corrected chi connectivity index (χ2v) is 6.46. The lowest BCUT2D eigenvalue weighted by molar-refractivity contribution is -0.155. The first kappa shape index (κ1) is 21.1. The van der Waals surface area contributed by atoms with Crippen molar-refractivity contribution in [3.63, 3.8) is 0 Å². The first-order chi connectivity index (χ1) is 14.1. The third-order valence-corrected chi connectivity index (χ3v) is 4.30.